The van der Waals surface area contributed by atoms with E-state index in [9.17, 15) is 0 Å². The van der Waals surface area contributed by atoms with Gasteiger partial charge in [0.25, 0.3) is 5.13 Å². The number of anilines is 2. The number of imidazole rings is 1. The first-order valence-electron chi connectivity index (χ1n) is 8.01. The van der Waals surface area contributed by atoms with Gasteiger partial charge in [0.05, 0.1) is 19.0 Å². The maximum atomic E-state index is 15.6. The number of alkyl halides is 2. The lowest BCUT2D eigenvalue weighted by Gasteiger charge is -2.35. The minimum absolute atomic E-state index is 0.0184. The molecule has 0 saturated carbocycles. The Balaban J connectivity index is 1.70. The molecule has 0 amide bonds. The third-order valence-corrected chi connectivity index (χ3v) is 6.91. The normalized spacial score (nSPS) is 36.4. The molecule has 0 aromatic carbocycles. The number of hydrogen-bond donors (Lipinski definition) is 2. The third-order valence-electron chi connectivity index (χ3n) is 4.05. The molecule has 0 radical (unpaired) electrons. The van der Waals surface area contributed by atoms with Crippen molar-refractivity contribution in [3.05, 3.63) is 6.33 Å². The van der Waals surface area contributed by atoms with Crippen molar-refractivity contribution in [3.63, 3.8) is 0 Å². The van der Waals surface area contributed by atoms with Crippen LogP contribution in [0.5, 0.6) is 0 Å². The highest BCUT2D eigenvalue weighted by Gasteiger charge is 2.62. The number of ether oxygens (including phenoxy) is 1. The molecular formula is C13H17ClFN6O4PS. The van der Waals surface area contributed by atoms with Crippen LogP contribution in [0.4, 0.5) is 16.2 Å². The van der Waals surface area contributed by atoms with Gasteiger partial charge in [-0.2, -0.15) is 9.97 Å². The van der Waals surface area contributed by atoms with E-state index in [0.29, 0.717) is 0 Å². The molecule has 2 aliphatic heterocycles. The molecule has 0 unspecified atom stereocenters. The zero-order valence-electron chi connectivity index (χ0n) is 14.3. The van der Waals surface area contributed by atoms with Crippen molar-refractivity contribution in [1.29, 1.82) is 0 Å². The van der Waals surface area contributed by atoms with E-state index in [1.807, 2.05) is 0 Å². The van der Waals surface area contributed by atoms with E-state index < -0.39 is 30.3 Å². The van der Waals surface area contributed by atoms with Gasteiger partial charge >= 0.3 is 6.72 Å². The van der Waals surface area contributed by atoms with E-state index in [-0.39, 0.29) is 35.6 Å². The first kappa shape index (κ1) is 19.2. The standard InChI is InChI=1S/C13H17ClFN6O4PS/c1-5(2)24-26(27)22-3-6-8(25-26)13(14,15)11(23-6)21-4-18-7-9(16)19-12(17)20-10(7)21/h4-6,8,11H,3H2,1-2H3,(H4,16,17,19,20)/t6-,8-,11-,13+,26+/m1/s1. The minimum atomic E-state index is -3.15. The molecule has 4 N–H and O–H groups in total. The zero-order chi connectivity index (χ0) is 19.6. The topological polar surface area (TPSA) is 133 Å². The molecule has 2 aromatic rings. The fraction of sp³-hybridized carbons (Fsp3) is 0.615. The number of aromatic nitrogens is 4. The van der Waals surface area contributed by atoms with Crippen molar-refractivity contribution in [3.8, 4) is 0 Å². The molecular weight excluding hydrogens is 422 g/mol. The maximum Gasteiger partial charge on any atom is 0.328 e. The first-order valence-corrected chi connectivity index (χ1v) is 10.9. The van der Waals surface area contributed by atoms with Gasteiger partial charge in [-0.1, -0.05) is 11.6 Å². The maximum absolute atomic E-state index is 15.6. The molecule has 5 atom stereocenters. The number of rotatable bonds is 3. The third kappa shape index (κ3) is 3.19. The molecule has 0 spiro atoms. The Kier molecular flexibility index (Phi) is 4.58. The number of hydrogen-bond acceptors (Lipinski definition) is 10. The van der Waals surface area contributed by atoms with Crippen LogP contribution in [0.15, 0.2) is 6.33 Å². The lowest BCUT2D eigenvalue weighted by Crippen LogP contribution is -2.43. The van der Waals surface area contributed by atoms with Crippen LogP contribution in [0.2, 0.25) is 0 Å². The van der Waals surface area contributed by atoms with Crippen LogP contribution in [-0.2, 0) is 30.1 Å². The molecule has 0 bridgehead atoms. The average Bonchev–Trinajstić information content (AvgIpc) is 3.05. The lowest BCUT2D eigenvalue weighted by atomic mass is 10.1. The van der Waals surface area contributed by atoms with Gasteiger partial charge in [-0.3, -0.25) is 9.09 Å². The minimum Gasteiger partial charge on any atom is -0.382 e. The summed E-state index contributed by atoms with van der Waals surface area (Å²) < 4.78 is 39.4. The van der Waals surface area contributed by atoms with Gasteiger partial charge < -0.3 is 25.3 Å². The Labute approximate surface area is 163 Å². The van der Waals surface area contributed by atoms with Gasteiger partial charge in [-0.15, -0.1) is 0 Å². The van der Waals surface area contributed by atoms with Gasteiger partial charge in [0.2, 0.25) is 5.95 Å². The van der Waals surface area contributed by atoms with Gasteiger partial charge in [-0.05, 0) is 25.7 Å². The van der Waals surface area contributed by atoms with Crippen molar-refractivity contribution in [2.75, 3.05) is 18.1 Å². The van der Waals surface area contributed by atoms with E-state index >= 15 is 4.39 Å². The number of nitrogen functional groups attached to an aromatic ring is 2. The van der Waals surface area contributed by atoms with Crippen molar-refractivity contribution >= 4 is 53.1 Å². The van der Waals surface area contributed by atoms with E-state index in [0.717, 1.165) is 0 Å². The fourth-order valence-electron chi connectivity index (χ4n) is 3.01. The van der Waals surface area contributed by atoms with Gasteiger partial charge in [0.1, 0.15) is 17.7 Å². The second kappa shape index (κ2) is 6.45. The van der Waals surface area contributed by atoms with Crippen LogP contribution in [0.1, 0.15) is 20.1 Å². The lowest BCUT2D eigenvalue weighted by molar-refractivity contribution is -0.0635. The van der Waals surface area contributed by atoms with Crippen LogP contribution in [0.3, 0.4) is 0 Å². The van der Waals surface area contributed by atoms with Crippen molar-refractivity contribution in [1.82, 2.24) is 19.5 Å². The van der Waals surface area contributed by atoms with Gasteiger partial charge in [0.15, 0.2) is 17.7 Å². The molecule has 4 rings (SSSR count). The Hall–Kier alpha value is -1.14. The molecule has 4 heterocycles. The molecule has 148 valence electrons. The highest BCUT2D eigenvalue weighted by molar-refractivity contribution is 8.07. The molecule has 2 aromatic heterocycles. The predicted octanol–water partition coefficient (Wildman–Crippen LogP) is 1.86. The van der Waals surface area contributed by atoms with E-state index in [2.05, 4.69) is 15.0 Å². The monoisotopic (exact) mass is 438 g/mol. The summed E-state index contributed by atoms with van der Waals surface area (Å²) in [5.41, 5.74) is 11.9. The largest absolute Gasteiger partial charge is 0.382 e. The van der Waals surface area contributed by atoms with Gasteiger partial charge in [-0.25, -0.2) is 9.37 Å². The Bertz CT molecular complexity index is 945. The number of nitrogens with two attached hydrogens (primary N) is 2. The Morgan fingerprint density at radius 3 is 2.93 bits per heavy atom. The molecule has 2 saturated heterocycles. The Morgan fingerprint density at radius 1 is 1.48 bits per heavy atom. The summed E-state index contributed by atoms with van der Waals surface area (Å²) in [4.78, 5) is 12.0. The number of nitrogens with zero attached hydrogens (tertiary/aromatic N) is 4. The predicted molar refractivity (Wildman–Crippen MR) is 99.1 cm³/mol. The molecule has 27 heavy (non-hydrogen) atoms. The first-order chi connectivity index (χ1) is 12.6. The zero-order valence-corrected chi connectivity index (χ0v) is 16.7. The SMILES string of the molecule is CC(C)O[P@@]1(=S)OC[C@H]2O[C@@H](n3cnc4c(N)nc(N)nc43)[C@](F)(Cl)[C@@H]2O1. The summed E-state index contributed by atoms with van der Waals surface area (Å²) in [7, 11) is 0. The van der Waals surface area contributed by atoms with Crippen LogP contribution < -0.4 is 11.5 Å². The van der Waals surface area contributed by atoms with Crippen LogP contribution in [0.25, 0.3) is 11.2 Å². The average molecular weight is 439 g/mol. The van der Waals surface area contributed by atoms with Crippen molar-refractivity contribution < 1.29 is 22.7 Å². The summed E-state index contributed by atoms with van der Waals surface area (Å²) in [6.07, 6.45) is -2.27. The highest BCUT2D eigenvalue weighted by Crippen LogP contribution is 2.61. The molecule has 0 aliphatic carbocycles. The Morgan fingerprint density at radius 2 is 2.22 bits per heavy atom. The van der Waals surface area contributed by atoms with Crippen molar-refractivity contribution in [2.45, 2.75) is 43.5 Å². The van der Waals surface area contributed by atoms with E-state index in [1.165, 1.54) is 10.9 Å². The van der Waals surface area contributed by atoms with Crippen LogP contribution in [-0.4, -0.2) is 49.6 Å². The van der Waals surface area contributed by atoms with Crippen LogP contribution >= 0.6 is 18.3 Å². The molecule has 2 fully saturated rings. The van der Waals surface area contributed by atoms with Crippen LogP contribution in [0, 0.1) is 0 Å². The van der Waals surface area contributed by atoms with E-state index in [4.69, 9.17) is 53.2 Å². The molecule has 14 heteroatoms. The summed E-state index contributed by atoms with van der Waals surface area (Å²) in [5.74, 6) is -0.0253. The van der Waals surface area contributed by atoms with Crippen molar-refractivity contribution in [2.24, 2.45) is 0 Å². The molecule has 2 aliphatic rings. The molecule has 10 nitrogen and oxygen atoms in total. The second-order valence-electron chi connectivity index (χ2n) is 6.42. The van der Waals surface area contributed by atoms with Gasteiger partial charge in [0, 0.05) is 0 Å². The summed E-state index contributed by atoms with van der Waals surface area (Å²) in [5, 5.41) is -2.49. The summed E-state index contributed by atoms with van der Waals surface area (Å²) in [6, 6.07) is 0. The second-order valence-corrected chi connectivity index (χ2v) is 9.91. The summed E-state index contributed by atoms with van der Waals surface area (Å²) >= 11 is 11.5. The smallest absolute Gasteiger partial charge is 0.328 e. The fourth-order valence-corrected chi connectivity index (χ4v) is 5.97. The van der Waals surface area contributed by atoms with E-state index in [1.54, 1.807) is 13.8 Å². The number of fused-ring (bicyclic) bond motifs is 2. The summed E-state index contributed by atoms with van der Waals surface area (Å²) in [6.45, 7) is 0.382. The highest BCUT2D eigenvalue weighted by atomic mass is 35.5. The quantitative estimate of drug-likeness (QED) is 0.540. The number of halogens is 2.